The number of carbonyl (C=O) groups excluding carboxylic acids is 2. The van der Waals surface area contributed by atoms with Crippen LogP contribution >= 0.6 is 0 Å². The maximum Gasteiger partial charge on any atom is 0.326 e. The third kappa shape index (κ3) is 8.82. The van der Waals surface area contributed by atoms with E-state index in [4.69, 9.17) is 20.3 Å². The molecule has 4 N–H and O–H groups in total. The van der Waals surface area contributed by atoms with Crippen LogP contribution in [0.25, 0.3) is 0 Å². The van der Waals surface area contributed by atoms with Crippen LogP contribution in [0.3, 0.4) is 0 Å². The van der Waals surface area contributed by atoms with Crippen LogP contribution in [-0.4, -0.2) is 74.5 Å². The third-order valence-electron chi connectivity index (χ3n) is 2.63. The number of hydrogen-bond donors (Lipinski definition) is 3. The Hall–Kier alpha value is -1.87. The van der Waals surface area contributed by atoms with Crippen LogP contribution < -0.4 is 11.1 Å². The van der Waals surface area contributed by atoms with Gasteiger partial charge in [-0.15, -0.1) is 0 Å². The van der Waals surface area contributed by atoms with E-state index in [1.54, 1.807) is 7.11 Å². The first-order valence-corrected chi connectivity index (χ1v) is 6.46. The summed E-state index contributed by atoms with van der Waals surface area (Å²) in [6.45, 7) is 1.47. The number of aliphatic carboxylic acids is 1. The lowest BCUT2D eigenvalue weighted by atomic mass is 10.2. The summed E-state index contributed by atoms with van der Waals surface area (Å²) in [5.74, 6) is -2.11. The maximum atomic E-state index is 12.0. The highest BCUT2D eigenvalue weighted by Gasteiger charge is 2.24. The Morgan fingerprint density at radius 3 is 2.29 bits per heavy atom. The summed E-state index contributed by atoms with van der Waals surface area (Å²) < 4.78 is 9.81. The molecule has 0 aliphatic heterocycles. The molecule has 3 amide bonds. The van der Waals surface area contributed by atoms with Gasteiger partial charge in [0, 0.05) is 33.9 Å². The molecule has 0 radical (unpaired) electrons. The predicted octanol–water partition coefficient (Wildman–Crippen LogP) is -0.990. The van der Waals surface area contributed by atoms with Crippen LogP contribution in [0.2, 0.25) is 0 Å². The number of primary amides is 1. The normalized spacial score (nSPS) is 11.7. The van der Waals surface area contributed by atoms with Crippen molar-refractivity contribution in [3.05, 3.63) is 0 Å². The molecule has 122 valence electrons. The van der Waals surface area contributed by atoms with Crippen LogP contribution in [0.15, 0.2) is 0 Å². The molecule has 1 atom stereocenters. The number of amides is 3. The Morgan fingerprint density at radius 1 is 1.19 bits per heavy atom. The Morgan fingerprint density at radius 2 is 1.81 bits per heavy atom. The summed E-state index contributed by atoms with van der Waals surface area (Å²) in [5.41, 5.74) is 4.96. The number of ether oxygens (including phenoxy) is 2. The van der Waals surface area contributed by atoms with E-state index in [9.17, 15) is 14.4 Å². The molecule has 0 aromatic heterocycles. The van der Waals surface area contributed by atoms with Gasteiger partial charge in [0.1, 0.15) is 6.04 Å². The Bertz CT molecular complexity index is 350. The van der Waals surface area contributed by atoms with E-state index in [1.807, 2.05) is 0 Å². The number of nitrogens with zero attached hydrogens (tertiary/aromatic N) is 1. The molecule has 0 fully saturated rings. The van der Waals surface area contributed by atoms with Gasteiger partial charge in [0.05, 0.1) is 13.0 Å². The second-order valence-corrected chi connectivity index (χ2v) is 4.34. The smallest absolute Gasteiger partial charge is 0.326 e. The van der Waals surface area contributed by atoms with E-state index in [0.29, 0.717) is 32.7 Å². The minimum Gasteiger partial charge on any atom is -0.480 e. The first kappa shape index (κ1) is 19.1. The summed E-state index contributed by atoms with van der Waals surface area (Å²) in [5, 5.41) is 11.2. The highest BCUT2D eigenvalue weighted by atomic mass is 16.5. The monoisotopic (exact) mass is 305 g/mol. The summed E-state index contributed by atoms with van der Waals surface area (Å²) in [6.07, 6.45) is 0.137. The number of urea groups is 1. The number of carboxylic acid groups (broad SMARTS) is 1. The molecule has 9 nitrogen and oxygen atoms in total. The van der Waals surface area contributed by atoms with Crippen molar-refractivity contribution in [1.29, 1.82) is 0 Å². The molecule has 0 saturated heterocycles. The molecule has 0 aliphatic carbocycles. The second-order valence-electron chi connectivity index (χ2n) is 4.34. The number of hydrogen-bond acceptors (Lipinski definition) is 5. The lowest BCUT2D eigenvalue weighted by molar-refractivity contribution is -0.141. The van der Waals surface area contributed by atoms with Crippen LogP contribution in [0.4, 0.5) is 4.79 Å². The van der Waals surface area contributed by atoms with Crippen LogP contribution in [0, 0.1) is 0 Å². The molecule has 0 aliphatic rings. The summed E-state index contributed by atoms with van der Waals surface area (Å²) in [7, 11) is 3.05. The predicted molar refractivity (Wildman–Crippen MR) is 73.7 cm³/mol. The highest BCUT2D eigenvalue weighted by molar-refractivity contribution is 5.87. The van der Waals surface area contributed by atoms with Crippen molar-refractivity contribution >= 4 is 17.9 Å². The van der Waals surface area contributed by atoms with Gasteiger partial charge >= 0.3 is 12.0 Å². The van der Waals surface area contributed by atoms with Gasteiger partial charge in [-0.3, -0.25) is 4.79 Å². The minimum absolute atomic E-state index is 0.301. The quantitative estimate of drug-likeness (QED) is 0.420. The van der Waals surface area contributed by atoms with E-state index in [0.717, 1.165) is 0 Å². The number of nitrogens with one attached hydrogen (secondary N) is 1. The van der Waals surface area contributed by atoms with Crippen molar-refractivity contribution in [3.63, 3.8) is 0 Å². The van der Waals surface area contributed by atoms with Gasteiger partial charge in [0.2, 0.25) is 5.91 Å². The number of nitrogens with two attached hydrogens (primary N) is 1. The maximum absolute atomic E-state index is 12.0. The minimum atomic E-state index is -1.34. The van der Waals surface area contributed by atoms with E-state index < -0.39 is 30.4 Å². The molecule has 0 unspecified atom stereocenters. The zero-order chi connectivity index (χ0) is 16.3. The van der Waals surface area contributed by atoms with Gasteiger partial charge in [0.25, 0.3) is 0 Å². The number of carboxylic acids is 1. The van der Waals surface area contributed by atoms with Gasteiger partial charge < -0.3 is 30.5 Å². The van der Waals surface area contributed by atoms with E-state index >= 15 is 0 Å². The van der Waals surface area contributed by atoms with Gasteiger partial charge in [-0.2, -0.15) is 0 Å². The molecule has 0 aromatic carbocycles. The zero-order valence-electron chi connectivity index (χ0n) is 12.3. The van der Waals surface area contributed by atoms with Crippen LogP contribution in [0.1, 0.15) is 12.8 Å². The van der Waals surface area contributed by atoms with Crippen molar-refractivity contribution in [2.24, 2.45) is 5.73 Å². The fourth-order valence-corrected chi connectivity index (χ4v) is 1.56. The molecule has 0 spiro atoms. The van der Waals surface area contributed by atoms with Gasteiger partial charge in [0.15, 0.2) is 0 Å². The Labute approximate surface area is 123 Å². The fraction of sp³-hybridized carbons (Fsp3) is 0.750. The van der Waals surface area contributed by atoms with Gasteiger partial charge in [-0.1, -0.05) is 0 Å². The highest BCUT2D eigenvalue weighted by Crippen LogP contribution is 1.98. The molecule has 0 aromatic rings. The van der Waals surface area contributed by atoms with Crippen LogP contribution in [-0.2, 0) is 19.1 Å². The first-order chi connectivity index (χ1) is 9.92. The lowest BCUT2D eigenvalue weighted by Crippen LogP contribution is -2.50. The SMILES string of the molecule is COCCCN(CCOC)C(=O)N[C@@H](CC(N)=O)C(=O)O. The topological polar surface area (TPSA) is 131 Å². The number of carbonyl (C=O) groups is 3. The average molecular weight is 305 g/mol. The van der Waals surface area contributed by atoms with Gasteiger partial charge in [-0.05, 0) is 6.42 Å². The molecular weight excluding hydrogens is 282 g/mol. The first-order valence-electron chi connectivity index (χ1n) is 6.46. The van der Waals surface area contributed by atoms with Crippen molar-refractivity contribution in [2.45, 2.75) is 18.9 Å². The number of rotatable bonds is 11. The second kappa shape index (κ2) is 10.9. The van der Waals surface area contributed by atoms with Crippen molar-refractivity contribution in [1.82, 2.24) is 10.2 Å². The molecule has 0 heterocycles. The zero-order valence-corrected chi connectivity index (χ0v) is 12.3. The Kier molecular flexibility index (Phi) is 9.90. The molecule has 0 rings (SSSR count). The molecule has 9 heteroatoms. The lowest BCUT2D eigenvalue weighted by Gasteiger charge is -2.24. The van der Waals surface area contributed by atoms with Gasteiger partial charge in [-0.25, -0.2) is 9.59 Å². The average Bonchev–Trinajstić information content (AvgIpc) is 2.41. The third-order valence-corrected chi connectivity index (χ3v) is 2.63. The molecule has 0 saturated carbocycles. The summed E-state index contributed by atoms with van der Waals surface area (Å²) in [4.78, 5) is 35.2. The van der Waals surface area contributed by atoms with E-state index in [1.165, 1.54) is 12.0 Å². The van der Waals surface area contributed by atoms with Crippen molar-refractivity contribution in [3.8, 4) is 0 Å². The molecule has 0 bridgehead atoms. The fourth-order valence-electron chi connectivity index (χ4n) is 1.56. The number of methoxy groups -OCH3 is 2. The van der Waals surface area contributed by atoms with Crippen LogP contribution in [0.5, 0.6) is 0 Å². The summed E-state index contributed by atoms with van der Waals surface area (Å²) >= 11 is 0. The van der Waals surface area contributed by atoms with Crippen molar-refractivity contribution < 1.29 is 29.0 Å². The summed E-state index contributed by atoms with van der Waals surface area (Å²) in [6, 6.07) is -1.93. The molecular formula is C12H23N3O6. The van der Waals surface area contributed by atoms with E-state index in [-0.39, 0.29) is 0 Å². The Balaban J connectivity index is 4.59. The largest absolute Gasteiger partial charge is 0.480 e. The molecule has 21 heavy (non-hydrogen) atoms. The van der Waals surface area contributed by atoms with E-state index in [2.05, 4.69) is 5.32 Å². The van der Waals surface area contributed by atoms with Crippen molar-refractivity contribution in [2.75, 3.05) is 40.5 Å². The standard InChI is InChI=1S/C12H23N3O6/c1-20-6-3-4-15(5-7-21-2)12(19)14-9(11(17)18)8-10(13)16/h9H,3-8H2,1-2H3,(H2,13,16)(H,14,19)(H,17,18)/t9-/m0/s1.